The van der Waals surface area contributed by atoms with Crippen LogP contribution < -0.4 is 0 Å². The summed E-state index contributed by atoms with van der Waals surface area (Å²) >= 11 is 6.39. The number of rotatable bonds is 10. The smallest absolute Gasteiger partial charge is 0.220 e. The van der Waals surface area contributed by atoms with Gasteiger partial charge in [-0.15, -0.1) is 0 Å². The van der Waals surface area contributed by atoms with Crippen LogP contribution in [0.1, 0.15) is 46.6 Å². The lowest BCUT2D eigenvalue weighted by atomic mass is 9.99. The zero-order chi connectivity index (χ0) is 21.3. The second-order valence-electron chi connectivity index (χ2n) is 6.95. The average molecular weight is 454 g/mol. The second-order valence-corrected chi connectivity index (χ2v) is 8.36. The van der Waals surface area contributed by atoms with Crippen molar-refractivity contribution in [1.29, 1.82) is 0 Å². The van der Waals surface area contributed by atoms with Gasteiger partial charge in [0.25, 0.3) is 0 Å². The average Bonchev–Trinajstić information content (AvgIpc) is 3.41. The van der Waals surface area contributed by atoms with Crippen molar-refractivity contribution in [2.24, 2.45) is 5.92 Å². The predicted octanol–water partition coefficient (Wildman–Crippen LogP) is 4.69. The molecule has 0 N–H and O–H groups in total. The molecule has 0 amide bonds. The lowest BCUT2D eigenvalue weighted by molar-refractivity contribution is 0.0846. The van der Waals surface area contributed by atoms with Gasteiger partial charge in [0.1, 0.15) is 19.0 Å². The van der Waals surface area contributed by atoms with Crippen molar-refractivity contribution in [2.75, 3.05) is 19.5 Å². The van der Waals surface area contributed by atoms with Crippen LogP contribution in [-0.4, -0.2) is 34.8 Å². The van der Waals surface area contributed by atoms with E-state index >= 15 is 0 Å². The van der Waals surface area contributed by atoms with E-state index in [0.717, 1.165) is 19.4 Å². The van der Waals surface area contributed by atoms with E-state index in [1.807, 2.05) is 6.26 Å². The van der Waals surface area contributed by atoms with E-state index < -0.39 is 0 Å². The predicted molar refractivity (Wildman–Crippen MR) is 115 cm³/mol. The summed E-state index contributed by atoms with van der Waals surface area (Å²) in [6, 6.07) is 6.39. The van der Waals surface area contributed by atoms with Gasteiger partial charge in [0, 0.05) is 25.2 Å². The van der Waals surface area contributed by atoms with Crippen LogP contribution in [0.5, 0.6) is 0 Å². The number of carbonyl (C=O) groups excluding carboxylic acids is 1. The largest absolute Gasteiger partial charge is 0.473 e. The molecule has 1 saturated heterocycles. The van der Waals surface area contributed by atoms with Gasteiger partial charge in [0.2, 0.25) is 4.38 Å². The van der Waals surface area contributed by atoms with Crippen LogP contribution in [0.15, 0.2) is 28.8 Å². The molecule has 0 radical (unpaired) electrons. The summed E-state index contributed by atoms with van der Waals surface area (Å²) < 4.78 is 36.0. The normalized spacial score (nSPS) is 16.0. The van der Waals surface area contributed by atoms with Crippen LogP contribution in [0.2, 0.25) is 0 Å². The van der Waals surface area contributed by atoms with Crippen molar-refractivity contribution >= 4 is 34.1 Å². The highest BCUT2D eigenvalue weighted by Crippen LogP contribution is 2.23. The molecule has 9 heteroatoms. The number of Topliss-reactive ketones (excluding diaryl/α,β-unsaturated/α-hetero) is 1. The zero-order valence-electron chi connectivity index (χ0n) is 16.7. The number of aromatic nitrogens is 1. The molecule has 1 fully saturated rings. The monoisotopic (exact) mass is 453 g/mol. The van der Waals surface area contributed by atoms with Crippen LogP contribution in [-0.2, 0) is 34.0 Å². The van der Waals surface area contributed by atoms with E-state index in [9.17, 15) is 9.18 Å². The lowest BCUT2D eigenvalue weighted by Gasteiger charge is -2.08. The van der Waals surface area contributed by atoms with E-state index in [4.69, 9.17) is 31.0 Å². The quantitative estimate of drug-likeness (QED) is 0.379. The van der Waals surface area contributed by atoms with Crippen molar-refractivity contribution in [3.63, 3.8) is 0 Å². The van der Waals surface area contributed by atoms with Gasteiger partial charge >= 0.3 is 0 Å². The Kier molecular flexibility index (Phi) is 8.80. The third-order valence-electron chi connectivity index (χ3n) is 4.89. The summed E-state index contributed by atoms with van der Waals surface area (Å²) in [5.74, 6) is 0.325. The van der Waals surface area contributed by atoms with Crippen LogP contribution in [0, 0.1) is 11.7 Å². The molecule has 1 atom stereocenters. The Labute approximate surface area is 184 Å². The Morgan fingerprint density at radius 2 is 2.17 bits per heavy atom. The number of hydrogen-bond acceptors (Lipinski definition) is 8. The molecule has 6 nitrogen and oxygen atoms in total. The third-order valence-corrected chi connectivity index (χ3v) is 5.96. The van der Waals surface area contributed by atoms with Gasteiger partial charge < -0.3 is 18.7 Å². The maximum Gasteiger partial charge on any atom is 0.220 e. The highest BCUT2D eigenvalue weighted by atomic mass is 32.2. The molecule has 1 aliphatic rings. The molecule has 3 rings (SSSR count). The third kappa shape index (κ3) is 6.34. The molecule has 2 heterocycles. The number of halogens is 1. The number of ketones is 1. The number of thioether (sulfide) groups is 1. The fourth-order valence-electron chi connectivity index (χ4n) is 3.15. The molecule has 1 aromatic heterocycles. The van der Waals surface area contributed by atoms with E-state index in [0.29, 0.717) is 40.2 Å². The maximum absolute atomic E-state index is 13.8. The fourth-order valence-corrected chi connectivity index (χ4v) is 3.38. The highest BCUT2D eigenvalue weighted by Gasteiger charge is 2.24. The van der Waals surface area contributed by atoms with Crippen LogP contribution >= 0.6 is 24.0 Å². The van der Waals surface area contributed by atoms with Crippen LogP contribution in [0.25, 0.3) is 0 Å². The molecular formula is C21H24FNO5S2. The SMILES string of the molecule is CSC(=S)OCc1c(C(=O)CCC2CCOC2)noc1COCc1ccccc1F. The van der Waals surface area contributed by atoms with Gasteiger partial charge in [-0.25, -0.2) is 4.39 Å². The van der Waals surface area contributed by atoms with Gasteiger partial charge in [-0.3, -0.25) is 4.79 Å². The molecule has 1 aromatic carbocycles. The summed E-state index contributed by atoms with van der Waals surface area (Å²) in [4.78, 5) is 12.7. The minimum atomic E-state index is -0.337. The summed E-state index contributed by atoms with van der Waals surface area (Å²) in [6.07, 6.45) is 3.88. The van der Waals surface area contributed by atoms with Crippen LogP contribution in [0.4, 0.5) is 4.39 Å². The van der Waals surface area contributed by atoms with Crippen molar-refractivity contribution in [2.45, 2.75) is 39.1 Å². The first-order chi connectivity index (χ1) is 14.6. The van der Waals surface area contributed by atoms with Crippen LogP contribution in [0.3, 0.4) is 0 Å². The molecule has 162 valence electrons. The number of ether oxygens (including phenoxy) is 3. The molecule has 0 saturated carbocycles. The Balaban J connectivity index is 1.65. The molecule has 2 aromatic rings. The number of carbonyl (C=O) groups is 1. The minimum Gasteiger partial charge on any atom is -0.473 e. The highest BCUT2D eigenvalue weighted by molar-refractivity contribution is 8.22. The molecule has 0 spiro atoms. The summed E-state index contributed by atoms with van der Waals surface area (Å²) in [5.41, 5.74) is 1.20. The van der Waals surface area contributed by atoms with E-state index in [1.165, 1.54) is 17.8 Å². The molecule has 1 unspecified atom stereocenters. The Bertz CT molecular complexity index is 867. The first-order valence-corrected chi connectivity index (χ1v) is 11.3. The second kappa shape index (κ2) is 11.5. The first-order valence-electron chi connectivity index (χ1n) is 9.68. The van der Waals surface area contributed by atoms with Gasteiger partial charge in [0.05, 0.1) is 12.2 Å². The molecular weight excluding hydrogens is 429 g/mol. The Morgan fingerprint density at radius 3 is 2.90 bits per heavy atom. The zero-order valence-corrected chi connectivity index (χ0v) is 18.4. The van der Waals surface area contributed by atoms with Gasteiger partial charge in [0.15, 0.2) is 17.2 Å². The van der Waals surface area contributed by atoms with Crippen molar-refractivity contribution in [1.82, 2.24) is 5.16 Å². The Hall–Kier alpha value is -1.81. The molecule has 30 heavy (non-hydrogen) atoms. The van der Waals surface area contributed by atoms with Crippen molar-refractivity contribution in [3.05, 3.63) is 52.7 Å². The maximum atomic E-state index is 13.8. The standard InChI is InChI=1S/C21H24FNO5S2/c1-30-21(29)27-12-16-19(13-26-11-15-4-2-3-5-17(15)22)28-23-20(16)18(24)7-6-14-8-9-25-10-14/h2-5,14H,6-13H2,1H3. The summed E-state index contributed by atoms with van der Waals surface area (Å²) in [6.45, 7) is 1.61. The Morgan fingerprint density at radius 1 is 1.33 bits per heavy atom. The molecule has 0 aliphatic carbocycles. The van der Waals surface area contributed by atoms with Crippen molar-refractivity contribution < 1.29 is 27.9 Å². The van der Waals surface area contributed by atoms with E-state index in [-0.39, 0.29) is 37.1 Å². The van der Waals surface area contributed by atoms with Gasteiger partial charge in [-0.1, -0.05) is 35.1 Å². The molecule has 1 aliphatic heterocycles. The minimum absolute atomic E-state index is 0.0375. The lowest BCUT2D eigenvalue weighted by Crippen LogP contribution is -2.10. The summed E-state index contributed by atoms with van der Waals surface area (Å²) in [5, 5.41) is 3.97. The number of thiocarbonyl (C=S) groups is 1. The fraction of sp³-hybridized carbons (Fsp3) is 0.476. The van der Waals surface area contributed by atoms with Crippen molar-refractivity contribution in [3.8, 4) is 0 Å². The van der Waals surface area contributed by atoms with E-state index in [1.54, 1.807) is 18.2 Å². The van der Waals surface area contributed by atoms with Gasteiger partial charge in [-0.2, -0.15) is 0 Å². The summed E-state index contributed by atoms with van der Waals surface area (Å²) in [7, 11) is 0. The first kappa shape index (κ1) is 22.9. The number of benzene rings is 1. The number of hydrogen-bond donors (Lipinski definition) is 0. The van der Waals surface area contributed by atoms with Gasteiger partial charge in [-0.05, 0) is 43.3 Å². The van der Waals surface area contributed by atoms with E-state index in [2.05, 4.69) is 5.16 Å². The number of nitrogens with zero attached hydrogens (tertiary/aromatic N) is 1. The topological polar surface area (TPSA) is 70.8 Å². The molecule has 0 bridgehead atoms.